The van der Waals surface area contributed by atoms with Crippen molar-refractivity contribution in [1.82, 2.24) is 5.06 Å². The van der Waals surface area contributed by atoms with Crippen LogP contribution in [0.1, 0.15) is 22.3 Å². The van der Waals surface area contributed by atoms with Crippen LogP contribution in [0.2, 0.25) is 5.02 Å². The lowest BCUT2D eigenvalue weighted by atomic mass is 10.1. The number of hydrogen-bond donors (Lipinski definition) is 0. The molecule has 3 nitrogen and oxygen atoms in total. The van der Waals surface area contributed by atoms with E-state index in [1.54, 1.807) is 18.2 Å². The molecule has 80 valence electrons. The minimum absolute atomic E-state index is 0.104. The minimum Gasteiger partial charge on any atom is -0.271 e. The quantitative estimate of drug-likeness (QED) is 0.735. The molecule has 1 amide bonds. The molecule has 4 heteroatoms. The first-order valence-electron chi connectivity index (χ1n) is 4.90. The van der Waals surface area contributed by atoms with Gasteiger partial charge in [-0.05, 0) is 31.0 Å². The van der Waals surface area contributed by atoms with Crippen LogP contribution < -0.4 is 0 Å². The van der Waals surface area contributed by atoms with Gasteiger partial charge in [-0.25, -0.2) is 5.06 Å². The third kappa shape index (κ3) is 1.98. The summed E-state index contributed by atoms with van der Waals surface area (Å²) < 4.78 is 0. The summed E-state index contributed by atoms with van der Waals surface area (Å²) in [7, 11) is 0. The van der Waals surface area contributed by atoms with E-state index in [-0.39, 0.29) is 5.91 Å². The third-order valence-electron chi connectivity index (χ3n) is 2.48. The number of halogens is 1. The van der Waals surface area contributed by atoms with Gasteiger partial charge in [0.25, 0.3) is 5.91 Å². The summed E-state index contributed by atoms with van der Waals surface area (Å²) in [4.78, 5) is 17.2. The minimum atomic E-state index is -0.104. The van der Waals surface area contributed by atoms with Crippen LogP contribution >= 0.6 is 11.6 Å². The molecular formula is C11H12ClNO2. The summed E-state index contributed by atoms with van der Waals surface area (Å²) in [5.41, 5.74) is 1.42. The molecule has 0 aliphatic carbocycles. The Balaban J connectivity index is 2.28. The molecule has 1 heterocycles. The van der Waals surface area contributed by atoms with Crippen molar-refractivity contribution in [2.24, 2.45) is 0 Å². The number of benzene rings is 1. The van der Waals surface area contributed by atoms with E-state index in [1.807, 2.05) is 6.92 Å². The van der Waals surface area contributed by atoms with Gasteiger partial charge in [-0.1, -0.05) is 17.7 Å². The normalized spacial score (nSPS) is 15.7. The zero-order valence-electron chi connectivity index (χ0n) is 8.50. The van der Waals surface area contributed by atoms with Crippen LogP contribution in [0.4, 0.5) is 0 Å². The van der Waals surface area contributed by atoms with Gasteiger partial charge in [0.15, 0.2) is 0 Å². The second kappa shape index (κ2) is 4.21. The fourth-order valence-electron chi connectivity index (χ4n) is 1.58. The Bertz CT molecular complexity index is 386. The molecule has 2 rings (SSSR count). The van der Waals surface area contributed by atoms with E-state index in [2.05, 4.69) is 0 Å². The molecule has 0 unspecified atom stereocenters. The fraction of sp³-hybridized carbons (Fsp3) is 0.364. The van der Waals surface area contributed by atoms with Crippen LogP contribution in [0.25, 0.3) is 0 Å². The second-order valence-corrected chi connectivity index (χ2v) is 3.91. The summed E-state index contributed by atoms with van der Waals surface area (Å²) in [5, 5.41) is 2.01. The summed E-state index contributed by atoms with van der Waals surface area (Å²) in [6.45, 7) is 3.11. The Morgan fingerprint density at radius 3 is 3.00 bits per heavy atom. The summed E-state index contributed by atoms with van der Waals surface area (Å²) in [5.74, 6) is -0.104. The van der Waals surface area contributed by atoms with Crippen LogP contribution in [-0.4, -0.2) is 24.1 Å². The van der Waals surface area contributed by atoms with Crippen molar-refractivity contribution < 1.29 is 9.63 Å². The van der Waals surface area contributed by atoms with Crippen LogP contribution in [0.3, 0.4) is 0 Å². The monoisotopic (exact) mass is 225 g/mol. The van der Waals surface area contributed by atoms with Crippen molar-refractivity contribution in [3.63, 3.8) is 0 Å². The van der Waals surface area contributed by atoms with E-state index >= 15 is 0 Å². The highest BCUT2D eigenvalue weighted by Crippen LogP contribution is 2.21. The van der Waals surface area contributed by atoms with Gasteiger partial charge in [0.2, 0.25) is 0 Å². The Kier molecular flexibility index (Phi) is 2.93. The van der Waals surface area contributed by atoms with Gasteiger partial charge >= 0.3 is 0 Å². The molecule has 0 atom stereocenters. The Hall–Kier alpha value is -1.06. The second-order valence-electron chi connectivity index (χ2n) is 3.51. The molecule has 1 aliphatic rings. The molecule has 0 bridgehead atoms. The van der Waals surface area contributed by atoms with Crippen LogP contribution in [0.5, 0.6) is 0 Å². The number of nitrogens with zero attached hydrogens (tertiary/aromatic N) is 1. The van der Waals surface area contributed by atoms with E-state index < -0.39 is 0 Å². The smallest absolute Gasteiger partial charge is 0.271 e. The molecule has 0 N–H and O–H groups in total. The summed E-state index contributed by atoms with van der Waals surface area (Å²) in [6.07, 6.45) is 0.894. The summed E-state index contributed by atoms with van der Waals surface area (Å²) >= 11 is 5.95. The van der Waals surface area contributed by atoms with E-state index in [1.165, 1.54) is 5.06 Å². The SMILES string of the molecule is Cc1c(Cl)cccc1C(=O)N1CCCO1. The van der Waals surface area contributed by atoms with Crippen molar-refractivity contribution in [2.45, 2.75) is 13.3 Å². The highest BCUT2D eigenvalue weighted by molar-refractivity contribution is 6.31. The molecule has 1 saturated heterocycles. The van der Waals surface area contributed by atoms with Gasteiger partial charge in [-0.15, -0.1) is 0 Å². The maximum Gasteiger partial charge on any atom is 0.277 e. The zero-order valence-corrected chi connectivity index (χ0v) is 9.25. The predicted octanol–water partition coefficient (Wildman–Crippen LogP) is 2.43. The number of carbonyl (C=O) groups is 1. The molecule has 0 spiro atoms. The van der Waals surface area contributed by atoms with Gasteiger partial charge in [-0.3, -0.25) is 9.63 Å². The number of rotatable bonds is 1. The van der Waals surface area contributed by atoms with Gasteiger partial charge in [0.05, 0.1) is 13.2 Å². The Morgan fingerprint density at radius 1 is 1.53 bits per heavy atom. The van der Waals surface area contributed by atoms with Crippen molar-refractivity contribution in [3.8, 4) is 0 Å². The largest absolute Gasteiger partial charge is 0.277 e. The molecule has 0 radical (unpaired) electrons. The lowest BCUT2D eigenvalue weighted by Crippen LogP contribution is -2.27. The predicted molar refractivity (Wildman–Crippen MR) is 57.8 cm³/mol. The number of hydroxylamine groups is 2. The lowest BCUT2D eigenvalue weighted by molar-refractivity contribution is -0.0768. The van der Waals surface area contributed by atoms with Gasteiger partial charge in [0.1, 0.15) is 0 Å². The molecule has 0 aromatic heterocycles. The van der Waals surface area contributed by atoms with E-state index in [9.17, 15) is 4.79 Å². The standard InChI is InChI=1S/C11H12ClNO2/c1-8-9(4-2-5-10(8)12)11(14)13-6-3-7-15-13/h2,4-5H,3,6-7H2,1H3. The third-order valence-corrected chi connectivity index (χ3v) is 2.89. The van der Waals surface area contributed by atoms with Crippen molar-refractivity contribution >= 4 is 17.5 Å². The van der Waals surface area contributed by atoms with Gasteiger partial charge in [0, 0.05) is 10.6 Å². The van der Waals surface area contributed by atoms with Gasteiger partial charge < -0.3 is 0 Å². The molecule has 1 aromatic carbocycles. The maximum atomic E-state index is 12.0. The molecular weight excluding hydrogens is 214 g/mol. The Labute approximate surface area is 93.5 Å². The van der Waals surface area contributed by atoms with Crippen molar-refractivity contribution in [3.05, 3.63) is 34.3 Å². The number of hydrogen-bond acceptors (Lipinski definition) is 2. The van der Waals surface area contributed by atoms with E-state index in [0.29, 0.717) is 23.7 Å². The first-order chi connectivity index (χ1) is 7.20. The molecule has 1 fully saturated rings. The molecule has 0 saturated carbocycles. The van der Waals surface area contributed by atoms with Crippen molar-refractivity contribution in [1.29, 1.82) is 0 Å². The molecule has 1 aromatic rings. The first-order valence-corrected chi connectivity index (χ1v) is 5.28. The van der Waals surface area contributed by atoms with Crippen LogP contribution in [-0.2, 0) is 4.84 Å². The van der Waals surface area contributed by atoms with E-state index in [0.717, 1.165) is 12.0 Å². The molecule has 15 heavy (non-hydrogen) atoms. The topological polar surface area (TPSA) is 29.5 Å². The lowest BCUT2D eigenvalue weighted by Gasteiger charge is -2.15. The maximum absolute atomic E-state index is 12.0. The molecule has 1 aliphatic heterocycles. The number of carbonyl (C=O) groups excluding carboxylic acids is 1. The van der Waals surface area contributed by atoms with Crippen LogP contribution in [0.15, 0.2) is 18.2 Å². The average molecular weight is 226 g/mol. The Morgan fingerprint density at radius 2 is 2.33 bits per heavy atom. The zero-order chi connectivity index (χ0) is 10.8. The van der Waals surface area contributed by atoms with Crippen LogP contribution in [0, 0.1) is 6.92 Å². The number of amides is 1. The first kappa shape index (κ1) is 10.5. The van der Waals surface area contributed by atoms with Gasteiger partial charge in [-0.2, -0.15) is 0 Å². The summed E-state index contributed by atoms with van der Waals surface area (Å²) in [6, 6.07) is 5.32. The highest BCUT2D eigenvalue weighted by atomic mass is 35.5. The van der Waals surface area contributed by atoms with E-state index in [4.69, 9.17) is 16.4 Å². The van der Waals surface area contributed by atoms with Crippen molar-refractivity contribution in [2.75, 3.05) is 13.2 Å². The highest BCUT2D eigenvalue weighted by Gasteiger charge is 2.22. The average Bonchev–Trinajstić information content (AvgIpc) is 2.74. The fourth-order valence-corrected chi connectivity index (χ4v) is 1.76.